The van der Waals surface area contributed by atoms with E-state index in [0.29, 0.717) is 0 Å². The molecule has 0 heterocycles. The smallest absolute Gasteiger partial charge is 0.358 e. The fourth-order valence-electron chi connectivity index (χ4n) is 0.849. The van der Waals surface area contributed by atoms with Crippen LogP contribution in [0.4, 0.5) is 0 Å². The Bertz CT molecular complexity index is 194. The Labute approximate surface area is 81.9 Å². The van der Waals surface area contributed by atoms with Crippen molar-refractivity contribution in [2.24, 2.45) is 0 Å². The third-order valence-corrected chi connectivity index (χ3v) is 1.40. The molecule has 0 N–H and O–H groups in total. The molecule has 0 saturated carbocycles. The summed E-state index contributed by atoms with van der Waals surface area (Å²) >= 11 is 0. The maximum absolute atomic E-state index is 3.16. The van der Waals surface area contributed by atoms with E-state index in [0.717, 1.165) is 6.42 Å². The monoisotopic (exact) mass is 185 g/mol. The fourth-order valence-corrected chi connectivity index (χ4v) is 0.849. The van der Waals surface area contributed by atoms with Crippen molar-refractivity contribution in [3.8, 4) is 0 Å². The standard InChI is InChI=1S/C9H11.CH3.V/c1-3-9-6-4-5-8(2)7-9;;/h4-5,7H,3H2,1-2H3;1H3;/q2*-1;+2. The molecule has 0 aliphatic carbocycles. The summed E-state index contributed by atoms with van der Waals surface area (Å²) in [6.45, 7) is 4.25. The van der Waals surface area contributed by atoms with Crippen molar-refractivity contribution in [3.63, 3.8) is 0 Å². The van der Waals surface area contributed by atoms with Crippen LogP contribution in [0, 0.1) is 20.4 Å². The van der Waals surface area contributed by atoms with Crippen molar-refractivity contribution in [3.05, 3.63) is 42.8 Å². The Hall–Kier alpha value is -0.196. The normalized spacial score (nSPS) is 7.82. The van der Waals surface area contributed by atoms with Crippen molar-refractivity contribution in [1.82, 2.24) is 0 Å². The maximum Gasteiger partial charge on any atom is 2.00 e. The van der Waals surface area contributed by atoms with Gasteiger partial charge in [-0.25, -0.2) is 0 Å². The molecule has 59 valence electrons. The second-order valence-corrected chi connectivity index (χ2v) is 2.24. The van der Waals surface area contributed by atoms with Gasteiger partial charge in [0.1, 0.15) is 0 Å². The first-order valence-electron chi connectivity index (χ1n) is 3.30. The summed E-state index contributed by atoms with van der Waals surface area (Å²) in [6.07, 6.45) is 1.08. The number of benzene rings is 1. The van der Waals surface area contributed by atoms with Crippen LogP contribution in [0.25, 0.3) is 0 Å². The van der Waals surface area contributed by atoms with Gasteiger partial charge < -0.3 is 7.43 Å². The van der Waals surface area contributed by atoms with Crippen molar-refractivity contribution >= 4 is 0 Å². The van der Waals surface area contributed by atoms with Crippen molar-refractivity contribution in [2.45, 2.75) is 20.3 Å². The van der Waals surface area contributed by atoms with Crippen molar-refractivity contribution < 1.29 is 18.6 Å². The average Bonchev–Trinajstić information content (AvgIpc) is 1.88. The van der Waals surface area contributed by atoms with E-state index in [2.05, 4.69) is 32.0 Å². The molecule has 1 aromatic rings. The quantitative estimate of drug-likeness (QED) is 0.590. The molecule has 0 aliphatic rings. The fraction of sp³-hybridized carbons (Fsp3) is 0.300. The summed E-state index contributed by atoms with van der Waals surface area (Å²) in [5, 5.41) is 0. The zero-order chi connectivity index (χ0) is 6.69. The molecule has 0 fully saturated rings. The summed E-state index contributed by atoms with van der Waals surface area (Å²) < 4.78 is 0. The Morgan fingerprint density at radius 2 is 2.09 bits per heavy atom. The third kappa shape index (κ3) is 4.29. The summed E-state index contributed by atoms with van der Waals surface area (Å²) in [5.41, 5.74) is 2.63. The molecule has 1 heteroatoms. The molecule has 1 rings (SSSR count). The van der Waals surface area contributed by atoms with Gasteiger partial charge in [0.15, 0.2) is 0 Å². The Morgan fingerprint density at radius 3 is 2.45 bits per heavy atom. The predicted molar refractivity (Wildman–Crippen MR) is 45.8 cm³/mol. The molecule has 0 aliphatic heterocycles. The minimum absolute atomic E-state index is 0. The van der Waals surface area contributed by atoms with Gasteiger partial charge in [-0.15, -0.1) is 0 Å². The summed E-state index contributed by atoms with van der Waals surface area (Å²) in [7, 11) is 0. The van der Waals surface area contributed by atoms with E-state index in [1.807, 2.05) is 6.07 Å². The first kappa shape index (κ1) is 13.4. The number of aryl methyl sites for hydroxylation is 2. The molecule has 0 unspecified atom stereocenters. The van der Waals surface area contributed by atoms with E-state index in [1.165, 1.54) is 11.1 Å². The molecule has 11 heavy (non-hydrogen) atoms. The predicted octanol–water partition coefficient (Wildman–Crippen LogP) is 2.81. The molecule has 1 aromatic carbocycles. The van der Waals surface area contributed by atoms with Crippen LogP contribution >= 0.6 is 0 Å². The van der Waals surface area contributed by atoms with Crippen LogP contribution in [0.2, 0.25) is 0 Å². The minimum atomic E-state index is 0. The molecule has 0 amide bonds. The molecule has 0 spiro atoms. The van der Waals surface area contributed by atoms with Gasteiger partial charge in [-0.2, -0.15) is 35.4 Å². The van der Waals surface area contributed by atoms with E-state index in [4.69, 9.17) is 0 Å². The number of hydrogen-bond acceptors (Lipinski definition) is 0. The molecule has 0 nitrogen and oxygen atoms in total. The van der Waals surface area contributed by atoms with Gasteiger partial charge in [0.05, 0.1) is 0 Å². The van der Waals surface area contributed by atoms with Crippen LogP contribution in [0.3, 0.4) is 0 Å². The first-order chi connectivity index (χ1) is 4.33. The molecule has 0 bridgehead atoms. The maximum atomic E-state index is 3.16. The molecular weight excluding hydrogens is 171 g/mol. The van der Waals surface area contributed by atoms with Crippen LogP contribution in [-0.2, 0) is 25.0 Å². The largest absolute Gasteiger partial charge is 2.00 e. The van der Waals surface area contributed by atoms with Crippen LogP contribution < -0.4 is 0 Å². The zero-order valence-corrected chi connectivity index (χ0v) is 8.78. The van der Waals surface area contributed by atoms with Crippen molar-refractivity contribution in [2.75, 3.05) is 0 Å². The van der Waals surface area contributed by atoms with Crippen LogP contribution in [0.1, 0.15) is 18.1 Å². The van der Waals surface area contributed by atoms with Crippen LogP contribution in [0.5, 0.6) is 0 Å². The minimum Gasteiger partial charge on any atom is -0.358 e. The van der Waals surface area contributed by atoms with Gasteiger partial charge >= 0.3 is 18.6 Å². The topological polar surface area (TPSA) is 0 Å². The number of rotatable bonds is 1. The van der Waals surface area contributed by atoms with Gasteiger partial charge in [0.2, 0.25) is 0 Å². The van der Waals surface area contributed by atoms with E-state index in [9.17, 15) is 0 Å². The summed E-state index contributed by atoms with van der Waals surface area (Å²) in [4.78, 5) is 0. The van der Waals surface area contributed by atoms with Crippen molar-refractivity contribution in [1.29, 1.82) is 0 Å². The van der Waals surface area contributed by atoms with Gasteiger partial charge in [-0.1, -0.05) is 20.3 Å². The first-order valence-corrected chi connectivity index (χ1v) is 3.30. The molecule has 0 saturated heterocycles. The Morgan fingerprint density at radius 1 is 1.45 bits per heavy atom. The Kier molecular flexibility index (Phi) is 7.93. The summed E-state index contributed by atoms with van der Waals surface area (Å²) in [6, 6.07) is 9.37. The second kappa shape index (κ2) is 6.51. The number of hydrogen-bond donors (Lipinski definition) is 0. The van der Waals surface area contributed by atoms with Crippen LogP contribution in [0.15, 0.2) is 18.2 Å². The SMILES string of the molecule is CCc1[c-]ccc(C)c1.[CH3-].[V+2]. The van der Waals surface area contributed by atoms with Gasteiger partial charge in [-0.05, 0) is 0 Å². The van der Waals surface area contributed by atoms with E-state index < -0.39 is 0 Å². The van der Waals surface area contributed by atoms with Gasteiger partial charge in [0.25, 0.3) is 0 Å². The zero-order valence-electron chi connectivity index (χ0n) is 7.39. The van der Waals surface area contributed by atoms with Gasteiger partial charge in [0, 0.05) is 0 Å². The summed E-state index contributed by atoms with van der Waals surface area (Å²) in [5.74, 6) is 0. The molecule has 0 atom stereocenters. The van der Waals surface area contributed by atoms with Gasteiger partial charge in [-0.3, -0.25) is 0 Å². The van der Waals surface area contributed by atoms with E-state index >= 15 is 0 Å². The molecule has 1 radical (unpaired) electrons. The Balaban J connectivity index is 0. The molecular formula is C10H14V. The van der Waals surface area contributed by atoms with Crippen LogP contribution in [-0.4, -0.2) is 0 Å². The second-order valence-electron chi connectivity index (χ2n) is 2.24. The average molecular weight is 185 g/mol. The van der Waals surface area contributed by atoms with E-state index in [-0.39, 0.29) is 26.0 Å². The van der Waals surface area contributed by atoms with E-state index in [1.54, 1.807) is 0 Å². The third-order valence-electron chi connectivity index (χ3n) is 1.40. The molecule has 0 aromatic heterocycles.